The molecule has 2 atom stereocenters. The number of methoxy groups -OCH3 is 1. The molecule has 0 aromatic heterocycles. The second-order valence-electron chi connectivity index (χ2n) is 4.77. The summed E-state index contributed by atoms with van der Waals surface area (Å²) in [6, 6.07) is 3.75. The summed E-state index contributed by atoms with van der Waals surface area (Å²) in [5.41, 5.74) is 2.00. The molecule has 4 nitrogen and oxygen atoms in total. The summed E-state index contributed by atoms with van der Waals surface area (Å²) in [5, 5.41) is 13.0. The number of halogens is 1. The van der Waals surface area contributed by atoms with Crippen LogP contribution in [0.4, 0.5) is 0 Å². The second-order valence-corrected chi connectivity index (χ2v) is 5.21. The molecule has 2 N–H and O–H groups in total. The van der Waals surface area contributed by atoms with Crippen LogP contribution in [0.5, 0.6) is 5.75 Å². The first-order chi connectivity index (χ1) is 9.06. The lowest BCUT2D eigenvalue weighted by Crippen LogP contribution is -2.17. The van der Waals surface area contributed by atoms with Crippen LogP contribution in [-0.4, -0.2) is 24.7 Å². The number of aryl methyl sites for hydroxylation is 1. The van der Waals surface area contributed by atoms with Crippen LogP contribution in [0.2, 0.25) is 5.02 Å². The van der Waals surface area contributed by atoms with Crippen LogP contribution in [0.1, 0.15) is 30.5 Å². The van der Waals surface area contributed by atoms with E-state index in [-0.39, 0.29) is 12.0 Å². The minimum absolute atomic E-state index is 0.0138. The molecule has 0 amide bonds. The van der Waals surface area contributed by atoms with Crippen LogP contribution < -0.4 is 10.1 Å². The van der Waals surface area contributed by atoms with Crippen molar-refractivity contribution in [1.82, 2.24) is 5.32 Å². The van der Waals surface area contributed by atoms with Gasteiger partial charge in [-0.15, -0.1) is 0 Å². The highest BCUT2D eigenvalue weighted by molar-refractivity contribution is 6.30. The Bertz CT molecular complexity index is 490. The second kappa shape index (κ2) is 5.80. The number of nitrogens with one attached hydrogen (secondary N) is 1. The van der Waals surface area contributed by atoms with E-state index < -0.39 is 5.97 Å². The van der Waals surface area contributed by atoms with Crippen LogP contribution in [0.25, 0.3) is 0 Å². The summed E-state index contributed by atoms with van der Waals surface area (Å²) in [5.74, 6) is -0.291. The Morgan fingerprint density at radius 1 is 1.58 bits per heavy atom. The molecular weight excluding hydrogens is 266 g/mol. The van der Waals surface area contributed by atoms with E-state index >= 15 is 0 Å². The van der Waals surface area contributed by atoms with E-state index in [9.17, 15) is 4.79 Å². The molecule has 1 aromatic carbocycles. The van der Waals surface area contributed by atoms with Gasteiger partial charge in [0.05, 0.1) is 13.0 Å². The molecule has 0 saturated carbocycles. The lowest BCUT2D eigenvalue weighted by atomic mass is 9.96. The molecule has 1 heterocycles. The smallest absolute Gasteiger partial charge is 0.307 e. The third-order valence-corrected chi connectivity index (χ3v) is 3.82. The minimum atomic E-state index is -0.758. The van der Waals surface area contributed by atoms with E-state index in [1.165, 1.54) is 0 Å². The molecule has 0 spiro atoms. The summed E-state index contributed by atoms with van der Waals surface area (Å²) in [4.78, 5) is 11.0. The summed E-state index contributed by atoms with van der Waals surface area (Å²) in [7, 11) is 1.63. The summed E-state index contributed by atoms with van der Waals surface area (Å²) >= 11 is 6.14. The maximum atomic E-state index is 11.0. The number of rotatable bonds is 4. The first-order valence-corrected chi connectivity index (χ1v) is 6.77. The van der Waals surface area contributed by atoms with E-state index in [0.29, 0.717) is 18.0 Å². The number of ether oxygens (including phenoxy) is 1. The van der Waals surface area contributed by atoms with E-state index in [2.05, 4.69) is 5.32 Å². The van der Waals surface area contributed by atoms with Gasteiger partial charge in [0.15, 0.2) is 0 Å². The van der Waals surface area contributed by atoms with Gasteiger partial charge in [-0.25, -0.2) is 0 Å². The Labute approximate surface area is 117 Å². The highest BCUT2D eigenvalue weighted by Crippen LogP contribution is 2.37. The van der Waals surface area contributed by atoms with Crippen molar-refractivity contribution in [2.24, 2.45) is 5.92 Å². The maximum absolute atomic E-state index is 11.0. The van der Waals surface area contributed by atoms with Gasteiger partial charge in [0, 0.05) is 23.2 Å². The lowest BCUT2D eigenvalue weighted by molar-refractivity contribution is -0.141. The number of carboxylic acid groups (broad SMARTS) is 1. The third kappa shape index (κ3) is 2.85. The van der Waals surface area contributed by atoms with Crippen molar-refractivity contribution >= 4 is 17.6 Å². The van der Waals surface area contributed by atoms with Gasteiger partial charge in [0.2, 0.25) is 0 Å². The van der Waals surface area contributed by atoms with Gasteiger partial charge >= 0.3 is 5.97 Å². The molecule has 1 aliphatic heterocycles. The third-order valence-electron chi connectivity index (χ3n) is 3.60. The highest BCUT2D eigenvalue weighted by atomic mass is 35.5. The molecule has 0 radical (unpaired) electrons. The van der Waals surface area contributed by atoms with Gasteiger partial charge in [-0.2, -0.15) is 0 Å². The summed E-state index contributed by atoms with van der Waals surface area (Å²) in [6.45, 7) is 2.53. The molecule has 2 unspecified atom stereocenters. The van der Waals surface area contributed by atoms with Crippen LogP contribution in [0, 0.1) is 5.92 Å². The fourth-order valence-electron chi connectivity index (χ4n) is 2.60. The number of hydrogen-bond acceptors (Lipinski definition) is 3. The molecule has 2 rings (SSSR count). The van der Waals surface area contributed by atoms with Crippen molar-refractivity contribution in [2.75, 3.05) is 13.7 Å². The number of benzene rings is 1. The summed E-state index contributed by atoms with van der Waals surface area (Å²) < 4.78 is 5.48. The van der Waals surface area contributed by atoms with Crippen LogP contribution >= 0.6 is 11.6 Å². The van der Waals surface area contributed by atoms with Gasteiger partial charge < -0.3 is 15.2 Å². The average molecular weight is 284 g/mol. The zero-order valence-electron chi connectivity index (χ0n) is 11.1. The average Bonchev–Trinajstić information content (AvgIpc) is 2.87. The molecular formula is C14H18ClNO3. The Hall–Kier alpha value is -1.26. The maximum Gasteiger partial charge on any atom is 0.307 e. The molecule has 104 valence electrons. The van der Waals surface area contributed by atoms with Gasteiger partial charge in [-0.05, 0) is 30.5 Å². The number of aliphatic carboxylic acids is 1. The van der Waals surface area contributed by atoms with Gasteiger partial charge in [0.25, 0.3) is 0 Å². The van der Waals surface area contributed by atoms with Crippen molar-refractivity contribution in [3.05, 3.63) is 28.3 Å². The zero-order valence-corrected chi connectivity index (χ0v) is 11.8. The van der Waals surface area contributed by atoms with E-state index in [1.807, 2.05) is 19.1 Å². The molecule has 1 saturated heterocycles. The molecule has 1 aromatic rings. The first-order valence-electron chi connectivity index (χ1n) is 6.39. The minimum Gasteiger partial charge on any atom is -0.496 e. The Balaban J connectivity index is 2.34. The largest absolute Gasteiger partial charge is 0.496 e. The quantitative estimate of drug-likeness (QED) is 0.892. The normalized spacial score (nSPS) is 22.5. The van der Waals surface area contributed by atoms with Gasteiger partial charge in [-0.3, -0.25) is 4.79 Å². The standard InChI is InChI=1S/C14H18ClNO3/c1-3-8-4-10(15)6-11(13(8)19-2)12-5-9(7-16-12)14(17)18/h4,6,9,12,16H,3,5,7H2,1-2H3,(H,17,18). The Morgan fingerprint density at radius 3 is 2.84 bits per heavy atom. The number of carboxylic acids is 1. The van der Waals surface area contributed by atoms with E-state index in [0.717, 1.165) is 23.3 Å². The molecule has 19 heavy (non-hydrogen) atoms. The first kappa shape index (κ1) is 14.2. The van der Waals surface area contributed by atoms with Crippen molar-refractivity contribution in [3.8, 4) is 5.75 Å². The van der Waals surface area contributed by atoms with Gasteiger partial charge in [0.1, 0.15) is 5.75 Å². The number of carbonyl (C=O) groups is 1. The topological polar surface area (TPSA) is 58.6 Å². The monoisotopic (exact) mass is 283 g/mol. The van der Waals surface area contributed by atoms with Gasteiger partial charge in [-0.1, -0.05) is 18.5 Å². The van der Waals surface area contributed by atoms with Crippen LogP contribution in [0.15, 0.2) is 12.1 Å². The molecule has 0 bridgehead atoms. The predicted octanol–water partition coefficient (Wildman–Crippen LogP) is 2.65. The Kier molecular flexibility index (Phi) is 4.32. The molecule has 1 fully saturated rings. The molecule has 1 aliphatic rings. The van der Waals surface area contributed by atoms with E-state index in [1.54, 1.807) is 7.11 Å². The van der Waals surface area contributed by atoms with Crippen molar-refractivity contribution < 1.29 is 14.6 Å². The van der Waals surface area contributed by atoms with Crippen molar-refractivity contribution in [3.63, 3.8) is 0 Å². The lowest BCUT2D eigenvalue weighted by Gasteiger charge is -2.18. The van der Waals surface area contributed by atoms with Crippen molar-refractivity contribution in [2.45, 2.75) is 25.8 Å². The molecule has 0 aliphatic carbocycles. The predicted molar refractivity (Wildman–Crippen MR) is 73.9 cm³/mol. The fourth-order valence-corrected chi connectivity index (χ4v) is 2.85. The van der Waals surface area contributed by atoms with Crippen molar-refractivity contribution in [1.29, 1.82) is 0 Å². The summed E-state index contributed by atoms with van der Waals surface area (Å²) in [6.07, 6.45) is 1.39. The SMILES string of the molecule is CCc1cc(Cl)cc(C2CC(C(=O)O)CN2)c1OC. The molecule has 5 heteroatoms. The number of hydrogen-bond donors (Lipinski definition) is 2. The fraction of sp³-hybridized carbons (Fsp3) is 0.500. The highest BCUT2D eigenvalue weighted by Gasteiger charge is 2.32. The van der Waals surface area contributed by atoms with E-state index in [4.69, 9.17) is 21.4 Å². The zero-order chi connectivity index (χ0) is 14.0. The van der Waals surface area contributed by atoms with Crippen LogP contribution in [-0.2, 0) is 11.2 Å². The van der Waals surface area contributed by atoms with Crippen LogP contribution in [0.3, 0.4) is 0 Å². The Morgan fingerprint density at radius 2 is 2.32 bits per heavy atom.